The number of alkyl halides is 2. The molecule has 15 heavy (non-hydrogen) atoms. The Labute approximate surface area is 90.8 Å². The van der Waals surface area contributed by atoms with Crippen LogP contribution in [0.5, 0.6) is 0 Å². The Balaban J connectivity index is 2.38. The van der Waals surface area contributed by atoms with Gasteiger partial charge in [-0.3, -0.25) is 0 Å². The van der Waals surface area contributed by atoms with E-state index < -0.39 is 5.92 Å². The lowest BCUT2D eigenvalue weighted by molar-refractivity contribution is -0.0570. The van der Waals surface area contributed by atoms with E-state index in [2.05, 4.69) is 4.90 Å². The molecule has 1 fully saturated rings. The fraction of sp³-hybridized carbons (Fsp3) is 1.00. The van der Waals surface area contributed by atoms with E-state index >= 15 is 0 Å². The van der Waals surface area contributed by atoms with Crippen LogP contribution < -0.4 is 5.73 Å². The second-order valence-corrected chi connectivity index (χ2v) is 4.84. The minimum Gasteiger partial charge on any atom is -0.329 e. The van der Waals surface area contributed by atoms with Gasteiger partial charge in [0, 0.05) is 32.0 Å². The second kappa shape index (κ2) is 5.21. The third-order valence-electron chi connectivity index (χ3n) is 3.38. The highest BCUT2D eigenvalue weighted by molar-refractivity contribution is 4.80. The number of nitrogens with two attached hydrogens (primary N) is 1. The summed E-state index contributed by atoms with van der Waals surface area (Å²) in [5.74, 6) is -2.30. The van der Waals surface area contributed by atoms with Crippen molar-refractivity contribution in [1.82, 2.24) is 4.90 Å². The van der Waals surface area contributed by atoms with Gasteiger partial charge in [0.2, 0.25) is 5.92 Å². The molecule has 2 unspecified atom stereocenters. The van der Waals surface area contributed by atoms with Crippen LogP contribution in [-0.4, -0.2) is 37.0 Å². The number of rotatable bonds is 4. The van der Waals surface area contributed by atoms with E-state index in [-0.39, 0.29) is 24.8 Å². The van der Waals surface area contributed by atoms with Gasteiger partial charge in [-0.25, -0.2) is 8.78 Å². The molecule has 0 amide bonds. The molecular formula is C11H22F2N2. The van der Waals surface area contributed by atoms with E-state index in [9.17, 15) is 8.78 Å². The first-order chi connectivity index (χ1) is 6.94. The molecule has 90 valence electrons. The van der Waals surface area contributed by atoms with Crippen molar-refractivity contribution in [3.63, 3.8) is 0 Å². The van der Waals surface area contributed by atoms with Gasteiger partial charge >= 0.3 is 0 Å². The first kappa shape index (κ1) is 12.8. The van der Waals surface area contributed by atoms with Crippen molar-refractivity contribution in [3.05, 3.63) is 0 Å². The molecule has 2 nitrogen and oxygen atoms in total. The summed E-state index contributed by atoms with van der Waals surface area (Å²) in [5.41, 5.74) is 5.54. The minimum absolute atomic E-state index is 0.0502. The maximum absolute atomic E-state index is 13.1. The quantitative estimate of drug-likeness (QED) is 0.786. The Morgan fingerprint density at radius 3 is 2.73 bits per heavy atom. The van der Waals surface area contributed by atoms with Crippen LogP contribution in [0.3, 0.4) is 0 Å². The summed E-state index contributed by atoms with van der Waals surface area (Å²) in [6, 6.07) is 0.278. The molecule has 0 aromatic heterocycles. The molecule has 0 aromatic carbocycles. The lowest BCUT2D eigenvalue weighted by atomic mass is 9.86. The van der Waals surface area contributed by atoms with Gasteiger partial charge in [0.1, 0.15) is 0 Å². The average molecular weight is 220 g/mol. The van der Waals surface area contributed by atoms with Crippen LogP contribution in [0.1, 0.15) is 32.6 Å². The normalized spacial score (nSPS) is 28.0. The van der Waals surface area contributed by atoms with E-state index in [0.29, 0.717) is 13.0 Å². The van der Waals surface area contributed by atoms with Crippen molar-refractivity contribution in [3.8, 4) is 0 Å². The lowest BCUT2D eigenvalue weighted by Gasteiger charge is -2.33. The van der Waals surface area contributed by atoms with Gasteiger partial charge in [0.25, 0.3) is 0 Å². The molecule has 1 aliphatic carbocycles. The monoisotopic (exact) mass is 220 g/mol. The molecule has 0 bridgehead atoms. The van der Waals surface area contributed by atoms with Crippen LogP contribution in [0.4, 0.5) is 8.78 Å². The summed E-state index contributed by atoms with van der Waals surface area (Å²) in [5, 5.41) is 0. The van der Waals surface area contributed by atoms with Crippen LogP contribution in [0.15, 0.2) is 0 Å². The van der Waals surface area contributed by atoms with Crippen molar-refractivity contribution < 1.29 is 8.78 Å². The number of nitrogens with zero attached hydrogens (tertiary/aromatic N) is 1. The van der Waals surface area contributed by atoms with Gasteiger partial charge in [0.15, 0.2) is 0 Å². The SMILES string of the molecule is CC(CN)N(C)CC1CCCC(F)(F)C1. The van der Waals surface area contributed by atoms with Gasteiger partial charge in [-0.05, 0) is 32.7 Å². The minimum atomic E-state index is -2.43. The number of hydrogen-bond acceptors (Lipinski definition) is 2. The third kappa shape index (κ3) is 4.03. The smallest absolute Gasteiger partial charge is 0.248 e. The predicted octanol–water partition coefficient (Wildman–Crippen LogP) is 2.09. The molecule has 0 spiro atoms. The maximum atomic E-state index is 13.1. The zero-order valence-corrected chi connectivity index (χ0v) is 9.68. The van der Waals surface area contributed by atoms with Crippen LogP contribution in [-0.2, 0) is 0 Å². The fourth-order valence-corrected chi connectivity index (χ4v) is 2.20. The van der Waals surface area contributed by atoms with Crippen LogP contribution in [0.2, 0.25) is 0 Å². The van der Waals surface area contributed by atoms with Gasteiger partial charge in [-0.2, -0.15) is 0 Å². The Morgan fingerprint density at radius 2 is 2.20 bits per heavy atom. The second-order valence-electron chi connectivity index (χ2n) is 4.84. The van der Waals surface area contributed by atoms with Crippen molar-refractivity contribution in [2.24, 2.45) is 11.7 Å². The molecule has 2 N–H and O–H groups in total. The molecule has 1 rings (SSSR count). The number of hydrogen-bond donors (Lipinski definition) is 1. The molecule has 2 atom stereocenters. The molecular weight excluding hydrogens is 198 g/mol. The average Bonchev–Trinajstić information content (AvgIpc) is 2.14. The van der Waals surface area contributed by atoms with E-state index in [0.717, 1.165) is 13.0 Å². The number of halogens is 2. The molecule has 1 aliphatic rings. The van der Waals surface area contributed by atoms with Gasteiger partial charge < -0.3 is 10.6 Å². The lowest BCUT2D eigenvalue weighted by Crippen LogP contribution is -2.40. The Bertz CT molecular complexity index is 197. The van der Waals surface area contributed by atoms with Gasteiger partial charge in [-0.15, -0.1) is 0 Å². The highest BCUT2D eigenvalue weighted by atomic mass is 19.3. The maximum Gasteiger partial charge on any atom is 0.248 e. The zero-order chi connectivity index (χ0) is 11.5. The van der Waals surface area contributed by atoms with E-state index in [1.54, 1.807) is 0 Å². The first-order valence-corrected chi connectivity index (χ1v) is 5.73. The highest BCUT2D eigenvalue weighted by Crippen LogP contribution is 2.36. The molecule has 0 aliphatic heterocycles. The van der Waals surface area contributed by atoms with Gasteiger partial charge in [-0.1, -0.05) is 0 Å². The standard InChI is InChI=1S/C11H22F2N2/c1-9(7-14)15(2)8-10-4-3-5-11(12,13)6-10/h9-10H,3-8,14H2,1-2H3. The van der Waals surface area contributed by atoms with Crippen molar-refractivity contribution in [2.75, 3.05) is 20.1 Å². The molecule has 0 saturated heterocycles. The number of likely N-dealkylation sites (N-methyl/N-ethyl adjacent to an activating group) is 1. The molecule has 0 radical (unpaired) electrons. The summed E-state index contributed by atoms with van der Waals surface area (Å²) in [7, 11) is 1.96. The molecule has 4 heteroatoms. The van der Waals surface area contributed by atoms with E-state index in [1.807, 2.05) is 14.0 Å². The van der Waals surface area contributed by atoms with E-state index in [1.165, 1.54) is 0 Å². The van der Waals surface area contributed by atoms with Crippen molar-refractivity contribution in [2.45, 2.75) is 44.6 Å². The molecule has 0 heterocycles. The summed E-state index contributed by atoms with van der Waals surface area (Å²) in [6.07, 6.45) is 1.70. The highest BCUT2D eigenvalue weighted by Gasteiger charge is 2.36. The van der Waals surface area contributed by atoms with Crippen molar-refractivity contribution in [1.29, 1.82) is 0 Å². The Morgan fingerprint density at radius 1 is 1.53 bits per heavy atom. The zero-order valence-electron chi connectivity index (χ0n) is 9.68. The third-order valence-corrected chi connectivity index (χ3v) is 3.38. The fourth-order valence-electron chi connectivity index (χ4n) is 2.20. The Hall–Kier alpha value is -0.220. The van der Waals surface area contributed by atoms with Gasteiger partial charge in [0.05, 0.1) is 0 Å². The summed E-state index contributed by atoms with van der Waals surface area (Å²) < 4.78 is 26.3. The van der Waals surface area contributed by atoms with Crippen molar-refractivity contribution >= 4 is 0 Å². The van der Waals surface area contributed by atoms with Crippen LogP contribution in [0.25, 0.3) is 0 Å². The predicted molar refractivity (Wildman–Crippen MR) is 58.1 cm³/mol. The Kier molecular flexibility index (Phi) is 4.46. The largest absolute Gasteiger partial charge is 0.329 e. The van der Waals surface area contributed by atoms with E-state index in [4.69, 9.17) is 5.73 Å². The summed E-state index contributed by atoms with van der Waals surface area (Å²) in [6.45, 7) is 3.36. The topological polar surface area (TPSA) is 29.3 Å². The first-order valence-electron chi connectivity index (χ1n) is 5.73. The summed E-state index contributed by atoms with van der Waals surface area (Å²) >= 11 is 0. The molecule has 1 saturated carbocycles. The molecule has 0 aromatic rings. The summed E-state index contributed by atoms with van der Waals surface area (Å²) in [4.78, 5) is 2.09. The van der Waals surface area contributed by atoms with Crippen LogP contribution in [0, 0.1) is 5.92 Å². The van der Waals surface area contributed by atoms with Crippen LogP contribution >= 0.6 is 0 Å².